The van der Waals surface area contributed by atoms with Crippen molar-refractivity contribution in [2.45, 2.75) is 32.4 Å². The Morgan fingerprint density at radius 1 is 1.16 bits per heavy atom. The summed E-state index contributed by atoms with van der Waals surface area (Å²) in [6.07, 6.45) is -2.54. The molecule has 2 amide bonds. The zero-order valence-electron chi connectivity index (χ0n) is 16.4. The van der Waals surface area contributed by atoms with Crippen molar-refractivity contribution < 1.29 is 29.3 Å². The first-order chi connectivity index (χ1) is 14.3. The van der Waals surface area contributed by atoms with Gasteiger partial charge in [0.25, 0.3) is 0 Å². The van der Waals surface area contributed by atoms with Gasteiger partial charge in [0.15, 0.2) is 17.7 Å². The average molecular weight is 536 g/mol. The smallest absolute Gasteiger partial charge is 0.422 e. The van der Waals surface area contributed by atoms with E-state index >= 15 is 0 Å². The molecule has 1 unspecified atom stereocenters. The third-order valence-electron chi connectivity index (χ3n) is 3.53. The van der Waals surface area contributed by atoms with Crippen LogP contribution in [0.5, 0.6) is 0 Å². The molecular formula is C18H17BrCl2N4O6. The molecule has 2 rings (SSSR count). The van der Waals surface area contributed by atoms with E-state index < -0.39 is 35.6 Å². The first kappa shape index (κ1) is 24.6. The fourth-order valence-corrected chi connectivity index (χ4v) is 3.31. The van der Waals surface area contributed by atoms with Crippen molar-refractivity contribution >= 4 is 68.9 Å². The van der Waals surface area contributed by atoms with Gasteiger partial charge < -0.3 is 20.3 Å². The zero-order chi connectivity index (χ0) is 23.5. The predicted molar refractivity (Wildman–Crippen MR) is 117 cm³/mol. The molecule has 166 valence electrons. The Kier molecular flexibility index (Phi) is 7.68. The van der Waals surface area contributed by atoms with Crippen molar-refractivity contribution in [2.24, 2.45) is 0 Å². The van der Waals surface area contributed by atoms with E-state index in [-0.39, 0.29) is 30.9 Å². The molecule has 3 N–H and O–H groups in total. The van der Waals surface area contributed by atoms with Crippen LogP contribution in [0.1, 0.15) is 32.4 Å². The van der Waals surface area contributed by atoms with Crippen LogP contribution >= 0.6 is 39.1 Å². The van der Waals surface area contributed by atoms with Gasteiger partial charge in [-0.15, -0.1) is 0 Å². The first-order valence-corrected chi connectivity index (χ1v) is 10.1. The van der Waals surface area contributed by atoms with Crippen LogP contribution in [0.3, 0.4) is 0 Å². The number of nitrogens with zero attached hydrogens (tertiary/aromatic N) is 3. The molecule has 0 aliphatic rings. The number of carbonyl (C=O) groups excluding carboxylic acids is 1. The molecular weight excluding hydrogens is 519 g/mol. The molecule has 0 radical (unpaired) electrons. The van der Waals surface area contributed by atoms with Crippen molar-refractivity contribution in [1.29, 1.82) is 0 Å². The number of halogens is 3. The molecule has 13 heteroatoms. The predicted octanol–water partition coefficient (Wildman–Crippen LogP) is 5.20. The number of aromatic nitrogens is 2. The van der Waals surface area contributed by atoms with Gasteiger partial charge in [0.05, 0.1) is 6.20 Å². The highest BCUT2D eigenvalue weighted by Gasteiger charge is 2.34. The minimum Gasteiger partial charge on any atom is -0.464 e. The van der Waals surface area contributed by atoms with E-state index in [4.69, 9.17) is 27.9 Å². The Bertz CT molecular complexity index is 996. The van der Waals surface area contributed by atoms with Crippen molar-refractivity contribution in [2.75, 3.05) is 10.2 Å². The summed E-state index contributed by atoms with van der Waals surface area (Å²) in [4.78, 5) is 43.7. The normalized spacial score (nSPS) is 12.1. The molecule has 0 aliphatic carbocycles. The number of carboxylic acid groups (broad SMARTS) is 2. The number of esters is 1. The minimum atomic E-state index is -1.82. The standard InChI is InChI=1S/C18H17BrCl2N4O6/c1-18(2,3)31-15(26)12(11-8(20)5-4-6-9(11)21)24-13-14(22-7-10(19)23-13)25(16(27)28)17(29)30/h4-7,12H,1-3H3,(H,23,24)(H,27,28)(H,29,30). The summed E-state index contributed by atoms with van der Waals surface area (Å²) >= 11 is 15.6. The summed E-state index contributed by atoms with van der Waals surface area (Å²) in [6.45, 7) is 4.95. The minimum absolute atomic E-state index is 0.0534. The highest BCUT2D eigenvalue weighted by Crippen LogP contribution is 2.36. The van der Waals surface area contributed by atoms with Gasteiger partial charge in [-0.3, -0.25) is 0 Å². The molecule has 2 aromatic rings. The molecule has 1 atom stereocenters. The number of anilines is 2. The number of benzene rings is 1. The van der Waals surface area contributed by atoms with E-state index in [9.17, 15) is 24.6 Å². The summed E-state index contributed by atoms with van der Waals surface area (Å²) in [5.74, 6) is -1.74. The fraction of sp³-hybridized carbons (Fsp3) is 0.278. The topological polar surface area (TPSA) is 142 Å². The van der Waals surface area contributed by atoms with Crippen LogP contribution in [0, 0.1) is 0 Å². The second kappa shape index (κ2) is 9.67. The summed E-state index contributed by atoms with van der Waals surface area (Å²) in [5, 5.41) is 21.5. The third kappa shape index (κ3) is 6.18. The van der Waals surface area contributed by atoms with Crippen molar-refractivity contribution in [3.05, 3.63) is 44.6 Å². The largest absolute Gasteiger partial charge is 0.464 e. The molecule has 0 saturated heterocycles. The first-order valence-electron chi connectivity index (χ1n) is 8.53. The molecule has 31 heavy (non-hydrogen) atoms. The Morgan fingerprint density at radius 3 is 2.19 bits per heavy atom. The molecule has 1 aromatic carbocycles. The number of carbonyl (C=O) groups is 3. The average Bonchev–Trinajstić information content (AvgIpc) is 2.60. The van der Waals surface area contributed by atoms with Crippen LogP contribution in [0.4, 0.5) is 21.2 Å². The number of imide groups is 1. The molecule has 0 bridgehead atoms. The van der Waals surface area contributed by atoms with Gasteiger partial charge >= 0.3 is 18.2 Å². The highest BCUT2D eigenvalue weighted by molar-refractivity contribution is 9.10. The van der Waals surface area contributed by atoms with E-state index in [1.807, 2.05) is 0 Å². The fourth-order valence-electron chi connectivity index (χ4n) is 2.42. The number of hydrogen-bond acceptors (Lipinski definition) is 7. The van der Waals surface area contributed by atoms with Gasteiger partial charge in [0.2, 0.25) is 0 Å². The number of nitrogens with one attached hydrogen (secondary N) is 1. The van der Waals surface area contributed by atoms with E-state index in [0.29, 0.717) is 0 Å². The van der Waals surface area contributed by atoms with Gasteiger partial charge in [-0.2, -0.15) is 4.90 Å². The molecule has 1 aromatic heterocycles. The van der Waals surface area contributed by atoms with Crippen molar-refractivity contribution in [3.63, 3.8) is 0 Å². The van der Waals surface area contributed by atoms with E-state index in [1.165, 1.54) is 12.1 Å². The Morgan fingerprint density at radius 2 is 1.71 bits per heavy atom. The number of rotatable bonds is 5. The van der Waals surface area contributed by atoms with Crippen LogP contribution in [0.2, 0.25) is 10.0 Å². The third-order valence-corrected chi connectivity index (χ3v) is 4.57. The molecule has 1 heterocycles. The van der Waals surface area contributed by atoms with Gasteiger partial charge in [0.1, 0.15) is 10.2 Å². The summed E-state index contributed by atoms with van der Waals surface area (Å²) < 4.78 is 5.58. The van der Waals surface area contributed by atoms with Gasteiger partial charge in [-0.25, -0.2) is 24.4 Å². The van der Waals surface area contributed by atoms with Gasteiger partial charge in [-0.1, -0.05) is 29.3 Å². The van der Waals surface area contributed by atoms with Crippen LogP contribution < -0.4 is 10.2 Å². The van der Waals surface area contributed by atoms with Crippen LogP contribution in [0.15, 0.2) is 29.0 Å². The Hall–Kier alpha value is -2.63. The lowest BCUT2D eigenvalue weighted by molar-refractivity contribution is -0.156. The van der Waals surface area contributed by atoms with Crippen LogP contribution in [-0.2, 0) is 9.53 Å². The van der Waals surface area contributed by atoms with Gasteiger partial charge in [-0.05, 0) is 48.8 Å². The lowest BCUT2D eigenvalue weighted by Gasteiger charge is -2.27. The Balaban J connectivity index is 2.65. The second-order valence-corrected chi connectivity index (χ2v) is 8.64. The van der Waals surface area contributed by atoms with Crippen molar-refractivity contribution in [1.82, 2.24) is 9.97 Å². The maximum absolute atomic E-state index is 13.0. The zero-order valence-corrected chi connectivity index (χ0v) is 19.5. The summed E-state index contributed by atoms with van der Waals surface area (Å²) in [5.41, 5.74) is -0.755. The highest BCUT2D eigenvalue weighted by atomic mass is 79.9. The molecule has 0 spiro atoms. The molecule has 0 aliphatic heterocycles. The van der Waals surface area contributed by atoms with Crippen molar-refractivity contribution in [3.8, 4) is 0 Å². The summed E-state index contributed by atoms with van der Waals surface area (Å²) in [6, 6.07) is 3.19. The van der Waals surface area contributed by atoms with Crippen LogP contribution in [0.25, 0.3) is 0 Å². The van der Waals surface area contributed by atoms with Gasteiger partial charge in [0, 0.05) is 15.6 Å². The maximum atomic E-state index is 13.0. The monoisotopic (exact) mass is 534 g/mol. The molecule has 0 saturated carbocycles. The van der Waals surface area contributed by atoms with Crippen LogP contribution in [-0.4, -0.2) is 43.9 Å². The second-order valence-electron chi connectivity index (χ2n) is 7.01. The van der Waals surface area contributed by atoms with E-state index in [0.717, 1.165) is 6.20 Å². The number of ether oxygens (including phenoxy) is 1. The molecule has 0 fully saturated rings. The summed E-state index contributed by atoms with van der Waals surface area (Å²) in [7, 11) is 0. The Labute approximate surface area is 195 Å². The number of hydrogen-bond donors (Lipinski definition) is 3. The lowest BCUT2D eigenvalue weighted by atomic mass is 10.1. The lowest BCUT2D eigenvalue weighted by Crippen LogP contribution is -2.37. The van der Waals surface area contributed by atoms with E-state index in [2.05, 4.69) is 31.2 Å². The maximum Gasteiger partial charge on any atom is 0.422 e. The number of amides is 2. The quantitative estimate of drug-likeness (QED) is 0.440. The SMILES string of the molecule is CC(C)(C)OC(=O)C(Nc1nc(Br)cnc1N(C(=O)O)C(=O)O)c1c(Cl)cccc1Cl. The van der Waals surface area contributed by atoms with E-state index in [1.54, 1.807) is 26.8 Å². The molecule has 10 nitrogen and oxygen atoms in total.